The molecule has 5 heteroatoms. The maximum absolute atomic E-state index is 10.7. The van der Waals surface area contributed by atoms with E-state index in [-0.39, 0.29) is 0 Å². The Hall–Kier alpha value is -0.180. The van der Waals surface area contributed by atoms with Gasteiger partial charge in [-0.2, -0.15) is 0 Å². The summed E-state index contributed by atoms with van der Waals surface area (Å²) in [6.45, 7) is 0. The van der Waals surface area contributed by atoms with E-state index in [1.165, 1.54) is 18.2 Å². The highest BCUT2D eigenvalue weighted by Gasteiger charge is 2.41. The lowest BCUT2D eigenvalue weighted by atomic mass is 9.99. The first-order chi connectivity index (χ1) is 5.47. The van der Waals surface area contributed by atoms with Crippen molar-refractivity contribution in [1.82, 2.24) is 0 Å². The highest BCUT2D eigenvalue weighted by atomic mass is 35.5. The van der Waals surface area contributed by atoms with Crippen molar-refractivity contribution in [2.45, 2.75) is 10.3 Å². The van der Waals surface area contributed by atoms with E-state index in [9.17, 15) is 4.79 Å². The van der Waals surface area contributed by atoms with Crippen LogP contribution in [-0.4, -0.2) is 21.3 Å². The molecule has 0 saturated heterocycles. The summed E-state index contributed by atoms with van der Waals surface area (Å²) in [6.07, 6.45) is 4.09. The number of hydrogen-bond donors (Lipinski definition) is 1. The van der Waals surface area contributed by atoms with Gasteiger partial charge in [-0.1, -0.05) is 11.6 Å². The number of rotatable bonds is 1. The number of carbonyl (C=O) groups is 1. The van der Waals surface area contributed by atoms with E-state index >= 15 is 0 Å². The molecule has 0 saturated carbocycles. The van der Waals surface area contributed by atoms with E-state index in [4.69, 9.17) is 39.9 Å². The largest absolute Gasteiger partial charge is 0.480 e. The van der Waals surface area contributed by atoms with Crippen molar-refractivity contribution < 1.29 is 9.90 Å². The quantitative estimate of drug-likeness (QED) is 0.698. The molecule has 0 aliphatic heterocycles. The zero-order chi connectivity index (χ0) is 9.35. The van der Waals surface area contributed by atoms with Crippen LogP contribution in [0.5, 0.6) is 0 Å². The van der Waals surface area contributed by atoms with Gasteiger partial charge in [0.2, 0.25) is 0 Å². The molecule has 2 unspecified atom stereocenters. The monoisotopic (exact) mass is 226 g/mol. The number of halogens is 3. The van der Waals surface area contributed by atoms with Crippen LogP contribution < -0.4 is 0 Å². The summed E-state index contributed by atoms with van der Waals surface area (Å²) in [5, 5.41) is 8.29. The number of allylic oxidation sites excluding steroid dienone is 3. The summed E-state index contributed by atoms with van der Waals surface area (Å²) in [5.41, 5.74) is 0. The van der Waals surface area contributed by atoms with E-state index in [1.807, 2.05) is 0 Å². The van der Waals surface area contributed by atoms with Crippen LogP contribution in [0, 0.1) is 0 Å². The van der Waals surface area contributed by atoms with Crippen molar-refractivity contribution in [3.63, 3.8) is 0 Å². The molecule has 12 heavy (non-hydrogen) atoms. The maximum Gasteiger partial charge on any atom is 0.330 e. The second-order valence-electron chi connectivity index (χ2n) is 2.36. The van der Waals surface area contributed by atoms with Crippen LogP contribution in [0.15, 0.2) is 23.3 Å². The molecule has 2 atom stereocenters. The standard InChI is InChI=1S/C7H5Cl3O2/c8-4-1-2-7(10,6(11)12)5(9)3-4/h1-3,5H,(H,11,12). The molecule has 1 rings (SSSR count). The van der Waals surface area contributed by atoms with Gasteiger partial charge >= 0.3 is 5.97 Å². The van der Waals surface area contributed by atoms with Gasteiger partial charge in [0.25, 0.3) is 0 Å². The number of hydrogen-bond acceptors (Lipinski definition) is 1. The lowest BCUT2D eigenvalue weighted by Crippen LogP contribution is -2.39. The van der Waals surface area contributed by atoms with Gasteiger partial charge in [0.15, 0.2) is 4.87 Å². The molecule has 0 aromatic rings. The van der Waals surface area contributed by atoms with Gasteiger partial charge in [-0.05, 0) is 18.2 Å². The molecular formula is C7H5Cl3O2. The smallest absolute Gasteiger partial charge is 0.330 e. The third-order valence-corrected chi connectivity index (χ3v) is 2.88. The zero-order valence-electron chi connectivity index (χ0n) is 5.80. The Kier molecular flexibility index (Phi) is 2.71. The summed E-state index contributed by atoms with van der Waals surface area (Å²) >= 11 is 17.0. The summed E-state index contributed by atoms with van der Waals surface area (Å²) in [4.78, 5) is 9.08. The van der Waals surface area contributed by atoms with Crippen molar-refractivity contribution in [2.75, 3.05) is 0 Å². The molecule has 0 bridgehead atoms. The fourth-order valence-corrected chi connectivity index (χ4v) is 1.48. The Morgan fingerprint density at radius 2 is 2.25 bits per heavy atom. The number of carboxylic acid groups (broad SMARTS) is 1. The molecule has 0 aromatic carbocycles. The fraction of sp³-hybridized carbons (Fsp3) is 0.286. The number of alkyl halides is 2. The van der Waals surface area contributed by atoms with Crippen LogP contribution in [0.1, 0.15) is 0 Å². The Labute approximate surface area is 84.4 Å². The highest BCUT2D eigenvalue weighted by Crippen LogP contribution is 2.33. The van der Waals surface area contributed by atoms with Crippen molar-refractivity contribution in [3.05, 3.63) is 23.3 Å². The first-order valence-electron chi connectivity index (χ1n) is 3.10. The fourth-order valence-electron chi connectivity index (χ4n) is 0.799. The summed E-state index contributed by atoms with van der Waals surface area (Å²) in [6, 6.07) is 0. The summed E-state index contributed by atoms with van der Waals surface area (Å²) in [7, 11) is 0. The minimum Gasteiger partial charge on any atom is -0.480 e. The van der Waals surface area contributed by atoms with E-state index in [0.717, 1.165) is 0 Å². The second-order valence-corrected chi connectivity index (χ2v) is 3.89. The minimum absolute atomic E-state index is 0.396. The van der Waals surface area contributed by atoms with Gasteiger partial charge in [0, 0.05) is 5.03 Å². The Bertz CT molecular complexity index is 272. The van der Waals surface area contributed by atoms with Crippen LogP contribution >= 0.6 is 34.8 Å². The topological polar surface area (TPSA) is 37.3 Å². The van der Waals surface area contributed by atoms with Crippen LogP contribution in [0.25, 0.3) is 0 Å². The molecule has 2 nitrogen and oxygen atoms in total. The Balaban J connectivity index is 2.99. The molecule has 0 radical (unpaired) electrons. The van der Waals surface area contributed by atoms with E-state index in [2.05, 4.69) is 0 Å². The first kappa shape index (κ1) is 9.90. The van der Waals surface area contributed by atoms with Gasteiger partial charge in [-0.15, -0.1) is 23.2 Å². The zero-order valence-corrected chi connectivity index (χ0v) is 8.07. The highest BCUT2D eigenvalue weighted by molar-refractivity contribution is 6.43. The van der Waals surface area contributed by atoms with Gasteiger partial charge in [-0.25, -0.2) is 4.79 Å². The number of aliphatic carboxylic acids is 1. The third kappa shape index (κ3) is 1.60. The van der Waals surface area contributed by atoms with Gasteiger partial charge in [0.1, 0.15) is 0 Å². The van der Waals surface area contributed by atoms with E-state index in [1.54, 1.807) is 0 Å². The van der Waals surface area contributed by atoms with E-state index in [0.29, 0.717) is 5.03 Å². The third-order valence-electron chi connectivity index (χ3n) is 1.52. The molecule has 1 aliphatic carbocycles. The van der Waals surface area contributed by atoms with Crippen LogP contribution in [0.4, 0.5) is 0 Å². The molecule has 0 spiro atoms. The van der Waals surface area contributed by atoms with E-state index < -0.39 is 16.2 Å². The average molecular weight is 227 g/mol. The minimum atomic E-state index is -1.57. The molecule has 66 valence electrons. The molecule has 0 amide bonds. The average Bonchev–Trinajstić information content (AvgIpc) is 1.97. The summed E-state index contributed by atoms with van der Waals surface area (Å²) < 4.78 is 0. The van der Waals surface area contributed by atoms with Crippen molar-refractivity contribution in [2.24, 2.45) is 0 Å². The van der Waals surface area contributed by atoms with Crippen molar-refractivity contribution in [1.29, 1.82) is 0 Å². The SMILES string of the molecule is O=C(O)C1(Cl)C=CC(Cl)=CC1Cl. The second kappa shape index (κ2) is 3.29. The molecule has 0 heterocycles. The van der Waals surface area contributed by atoms with Crippen LogP contribution in [0.3, 0.4) is 0 Å². The molecule has 0 fully saturated rings. The predicted molar refractivity (Wildman–Crippen MR) is 48.9 cm³/mol. The van der Waals surface area contributed by atoms with Crippen LogP contribution in [-0.2, 0) is 4.79 Å². The first-order valence-corrected chi connectivity index (χ1v) is 4.29. The molecule has 1 N–H and O–H groups in total. The lowest BCUT2D eigenvalue weighted by Gasteiger charge is -2.24. The van der Waals surface area contributed by atoms with Gasteiger partial charge < -0.3 is 5.11 Å². The normalized spacial score (nSPS) is 34.6. The molecule has 1 aliphatic rings. The van der Waals surface area contributed by atoms with Gasteiger partial charge in [0.05, 0.1) is 5.38 Å². The van der Waals surface area contributed by atoms with Crippen molar-refractivity contribution >= 4 is 40.8 Å². The molecule has 0 aromatic heterocycles. The van der Waals surface area contributed by atoms with Crippen LogP contribution in [0.2, 0.25) is 0 Å². The molecular weight excluding hydrogens is 222 g/mol. The van der Waals surface area contributed by atoms with Gasteiger partial charge in [-0.3, -0.25) is 0 Å². The predicted octanol–water partition coefficient (Wildman–Crippen LogP) is 2.35. The maximum atomic E-state index is 10.7. The summed E-state index contributed by atoms with van der Waals surface area (Å²) in [5.74, 6) is -1.18. The number of carboxylic acids is 1. The Morgan fingerprint density at radius 3 is 2.67 bits per heavy atom. The lowest BCUT2D eigenvalue weighted by molar-refractivity contribution is -0.138. The van der Waals surface area contributed by atoms with Crippen molar-refractivity contribution in [3.8, 4) is 0 Å². The Morgan fingerprint density at radius 1 is 1.67 bits per heavy atom.